The number of hydrogen-bond donors (Lipinski definition) is 1. The van der Waals surface area contributed by atoms with Crippen LogP contribution in [0.1, 0.15) is 46.1 Å². The predicted octanol–water partition coefficient (Wildman–Crippen LogP) is 4.25. The smallest absolute Gasteiger partial charge is 0.0483 e. The number of ether oxygens (including phenoxy) is 1. The van der Waals surface area contributed by atoms with E-state index in [0.717, 1.165) is 58.8 Å². The van der Waals surface area contributed by atoms with Gasteiger partial charge < -0.3 is 15.0 Å². The SMILES string of the molecule is CSCCCOCCC(C)(C)NCc1ccc(N2CCN(C(C)C)CC2)cc1. The first-order valence-corrected chi connectivity index (χ1v) is 12.2. The first-order valence-electron chi connectivity index (χ1n) is 10.8. The molecule has 0 aromatic heterocycles. The zero-order chi connectivity index (χ0) is 20.4. The molecule has 0 spiro atoms. The fourth-order valence-corrected chi connectivity index (χ4v) is 3.89. The third-order valence-electron chi connectivity index (χ3n) is 5.63. The molecule has 1 aromatic rings. The van der Waals surface area contributed by atoms with Gasteiger partial charge in [-0.2, -0.15) is 11.8 Å². The average Bonchev–Trinajstić information content (AvgIpc) is 2.69. The second-order valence-corrected chi connectivity index (χ2v) is 9.71. The van der Waals surface area contributed by atoms with Gasteiger partial charge in [0.25, 0.3) is 0 Å². The summed E-state index contributed by atoms with van der Waals surface area (Å²) in [6, 6.07) is 9.76. The molecular weight excluding hydrogens is 366 g/mol. The van der Waals surface area contributed by atoms with E-state index in [2.05, 4.69) is 73.3 Å². The molecule has 1 heterocycles. The van der Waals surface area contributed by atoms with Gasteiger partial charge in [0.1, 0.15) is 0 Å². The van der Waals surface area contributed by atoms with Gasteiger partial charge in [-0.25, -0.2) is 0 Å². The van der Waals surface area contributed by atoms with Gasteiger partial charge in [0, 0.05) is 63.2 Å². The maximum absolute atomic E-state index is 5.77. The molecule has 2 rings (SSSR count). The molecule has 1 N–H and O–H groups in total. The molecule has 0 aliphatic carbocycles. The Kier molecular flexibility index (Phi) is 10.1. The third kappa shape index (κ3) is 8.32. The number of benzene rings is 1. The van der Waals surface area contributed by atoms with Crippen molar-refractivity contribution < 1.29 is 4.74 Å². The Labute approximate surface area is 177 Å². The van der Waals surface area contributed by atoms with Crippen molar-refractivity contribution in [3.05, 3.63) is 29.8 Å². The minimum atomic E-state index is 0.0886. The van der Waals surface area contributed by atoms with Gasteiger partial charge in [-0.15, -0.1) is 0 Å². The van der Waals surface area contributed by atoms with Gasteiger partial charge in [0.05, 0.1) is 0 Å². The van der Waals surface area contributed by atoms with E-state index in [-0.39, 0.29) is 5.54 Å². The molecule has 28 heavy (non-hydrogen) atoms. The average molecular weight is 408 g/mol. The highest BCUT2D eigenvalue weighted by Gasteiger charge is 2.19. The van der Waals surface area contributed by atoms with Crippen LogP contribution in [0, 0.1) is 0 Å². The Morgan fingerprint density at radius 3 is 2.36 bits per heavy atom. The van der Waals surface area contributed by atoms with Crippen LogP contribution < -0.4 is 10.2 Å². The van der Waals surface area contributed by atoms with Gasteiger partial charge in [-0.05, 0) is 70.2 Å². The standard InChI is InChI=1S/C23H41N3OS/c1-20(2)25-12-14-26(15-13-25)22-9-7-21(8-10-22)19-24-23(3,4)11-17-27-16-6-18-28-5/h7-10,20,24H,6,11-19H2,1-5H3. The molecule has 1 aliphatic rings. The number of hydrogen-bond acceptors (Lipinski definition) is 5. The van der Waals surface area contributed by atoms with Crippen LogP contribution in [0.4, 0.5) is 5.69 Å². The quantitative estimate of drug-likeness (QED) is 0.523. The van der Waals surface area contributed by atoms with Crippen LogP contribution in [0.25, 0.3) is 0 Å². The van der Waals surface area contributed by atoms with Gasteiger partial charge >= 0.3 is 0 Å². The van der Waals surface area contributed by atoms with E-state index < -0.39 is 0 Å². The van der Waals surface area contributed by atoms with Gasteiger partial charge in [-0.3, -0.25) is 4.90 Å². The second-order valence-electron chi connectivity index (χ2n) is 8.73. The molecule has 160 valence electrons. The van der Waals surface area contributed by atoms with Gasteiger partial charge in [0.15, 0.2) is 0 Å². The summed E-state index contributed by atoms with van der Waals surface area (Å²) in [6.45, 7) is 16.3. The van der Waals surface area contributed by atoms with Crippen LogP contribution in [-0.2, 0) is 11.3 Å². The lowest BCUT2D eigenvalue weighted by atomic mass is 10.0. The molecule has 4 nitrogen and oxygen atoms in total. The van der Waals surface area contributed by atoms with Crippen molar-refractivity contribution in [2.75, 3.05) is 56.3 Å². The fourth-order valence-electron chi connectivity index (χ4n) is 3.49. The van der Waals surface area contributed by atoms with E-state index >= 15 is 0 Å². The minimum Gasteiger partial charge on any atom is -0.381 e. The first kappa shape index (κ1) is 23.5. The molecule has 0 amide bonds. The van der Waals surface area contributed by atoms with E-state index in [0.29, 0.717) is 6.04 Å². The summed E-state index contributed by atoms with van der Waals surface area (Å²) in [5.41, 5.74) is 2.79. The predicted molar refractivity (Wildman–Crippen MR) is 125 cm³/mol. The van der Waals surface area contributed by atoms with E-state index in [1.807, 2.05) is 11.8 Å². The minimum absolute atomic E-state index is 0.0886. The van der Waals surface area contributed by atoms with Gasteiger partial charge in [-0.1, -0.05) is 12.1 Å². The lowest BCUT2D eigenvalue weighted by Gasteiger charge is -2.38. The van der Waals surface area contributed by atoms with E-state index in [4.69, 9.17) is 4.74 Å². The molecule has 1 saturated heterocycles. The highest BCUT2D eigenvalue weighted by atomic mass is 32.2. The molecular formula is C23H41N3OS. The molecule has 1 aromatic carbocycles. The van der Waals surface area contributed by atoms with Gasteiger partial charge in [0.2, 0.25) is 0 Å². The van der Waals surface area contributed by atoms with Crippen LogP contribution in [0.2, 0.25) is 0 Å². The van der Waals surface area contributed by atoms with E-state index in [9.17, 15) is 0 Å². The molecule has 1 fully saturated rings. The lowest BCUT2D eigenvalue weighted by molar-refractivity contribution is 0.113. The summed E-state index contributed by atoms with van der Waals surface area (Å²) in [5.74, 6) is 1.19. The number of piperazine rings is 1. The topological polar surface area (TPSA) is 27.7 Å². The molecule has 0 bridgehead atoms. The third-order valence-corrected chi connectivity index (χ3v) is 6.32. The summed E-state index contributed by atoms with van der Waals surface area (Å²) < 4.78 is 5.77. The van der Waals surface area contributed by atoms with Crippen molar-refractivity contribution >= 4 is 17.4 Å². The van der Waals surface area contributed by atoms with Crippen LogP contribution in [0.3, 0.4) is 0 Å². The maximum atomic E-state index is 5.77. The summed E-state index contributed by atoms with van der Waals surface area (Å²) >= 11 is 1.88. The Morgan fingerprint density at radius 1 is 1.07 bits per heavy atom. The monoisotopic (exact) mass is 407 g/mol. The fraction of sp³-hybridized carbons (Fsp3) is 0.739. The zero-order valence-corrected chi connectivity index (χ0v) is 19.5. The summed E-state index contributed by atoms with van der Waals surface area (Å²) in [6.07, 6.45) is 4.32. The van der Waals surface area contributed by atoms with Crippen LogP contribution in [0.15, 0.2) is 24.3 Å². The number of thioether (sulfide) groups is 1. The Bertz CT molecular complexity index is 539. The largest absolute Gasteiger partial charge is 0.381 e. The van der Waals surface area contributed by atoms with Crippen molar-refractivity contribution in [2.24, 2.45) is 0 Å². The Morgan fingerprint density at radius 2 is 1.75 bits per heavy atom. The number of rotatable bonds is 12. The second kappa shape index (κ2) is 12.1. The summed E-state index contributed by atoms with van der Waals surface area (Å²) in [4.78, 5) is 5.07. The molecule has 5 heteroatoms. The van der Waals surface area contributed by atoms with Crippen molar-refractivity contribution in [3.8, 4) is 0 Å². The number of anilines is 1. The van der Waals surface area contributed by atoms with Crippen LogP contribution >= 0.6 is 11.8 Å². The Hall–Kier alpha value is -0.750. The van der Waals surface area contributed by atoms with Crippen molar-refractivity contribution in [3.63, 3.8) is 0 Å². The Balaban J connectivity index is 1.70. The normalized spacial score (nSPS) is 16.1. The van der Waals surface area contributed by atoms with Crippen molar-refractivity contribution in [2.45, 2.75) is 58.7 Å². The van der Waals surface area contributed by atoms with Crippen molar-refractivity contribution in [1.82, 2.24) is 10.2 Å². The summed E-state index contributed by atoms with van der Waals surface area (Å²) in [7, 11) is 0. The molecule has 0 atom stereocenters. The van der Waals surface area contributed by atoms with Crippen molar-refractivity contribution in [1.29, 1.82) is 0 Å². The molecule has 1 aliphatic heterocycles. The number of nitrogens with one attached hydrogen (secondary N) is 1. The zero-order valence-electron chi connectivity index (χ0n) is 18.7. The highest BCUT2D eigenvalue weighted by Crippen LogP contribution is 2.19. The molecule has 0 unspecified atom stereocenters. The molecule has 0 radical (unpaired) electrons. The first-order chi connectivity index (χ1) is 13.4. The summed E-state index contributed by atoms with van der Waals surface area (Å²) in [5, 5.41) is 3.69. The van der Waals surface area contributed by atoms with E-state index in [1.165, 1.54) is 17.0 Å². The number of nitrogens with zero attached hydrogens (tertiary/aromatic N) is 2. The van der Waals surface area contributed by atoms with E-state index in [1.54, 1.807) is 0 Å². The maximum Gasteiger partial charge on any atom is 0.0483 e. The van der Waals surface area contributed by atoms with Crippen LogP contribution in [0.5, 0.6) is 0 Å². The highest BCUT2D eigenvalue weighted by molar-refractivity contribution is 7.98. The lowest BCUT2D eigenvalue weighted by Crippen LogP contribution is -2.48. The van der Waals surface area contributed by atoms with Crippen LogP contribution in [-0.4, -0.2) is 67.9 Å². The molecule has 0 saturated carbocycles.